The Kier molecular flexibility index (Phi) is 2.70. The van der Waals surface area contributed by atoms with Crippen molar-refractivity contribution in [3.05, 3.63) is 36.0 Å². The van der Waals surface area contributed by atoms with Gasteiger partial charge in [-0.25, -0.2) is 0 Å². The van der Waals surface area contributed by atoms with Crippen LogP contribution in [0.5, 0.6) is 0 Å². The molecule has 0 fully saturated rings. The molecule has 1 aromatic heterocycles. The van der Waals surface area contributed by atoms with E-state index in [1.54, 1.807) is 42.2 Å². The highest BCUT2D eigenvalue weighted by Crippen LogP contribution is 2.16. The molecule has 88 valence electrons. The van der Waals surface area contributed by atoms with Crippen LogP contribution in [0.3, 0.4) is 0 Å². The third-order valence-corrected chi connectivity index (χ3v) is 2.28. The molecule has 0 saturated heterocycles. The highest BCUT2D eigenvalue weighted by molar-refractivity contribution is 6.07. The van der Waals surface area contributed by atoms with Crippen LogP contribution in [0.15, 0.2) is 30.5 Å². The Hall–Kier alpha value is -2.50. The molecule has 0 radical (unpaired) electrons. The molecule has 0 aliphatic rings. The maximum absolute atomic E-state index is 11.9. The van der Waals surface area contributed by atoms with E-state index in [1.807, 2.05) is 0 Å². The quantitative estimate of drug-likeness (QED) is 0.667. The second-order valence-corrected chi connectivity index (χ2v) is 3.68. The van der Waals surface area contributed by atoms with E-state index in [-0.39, 0.29) is 5.91 Å². The van der Waals surface area contributed by atoms with Crippen LogP contribution in [0.25, 0.3) is 0 Å². The number of benzene rings is 1. The largest absolute Gasteiger partial charge is 0.399 e. The Bertz CT molecular complexity index is 561. The van der Waals surface area contributed by atoms with Gasteiger partial charge in [-0.1, -0.05) is 0 Å². The summed E-state index contributed by atoms with van der Waals surface area (Å²) < 4.78 is 1.60. The van der Waals surface area contributed by atoms with Crippen molar-refractivity contribution in [2.45, 2.75) is 0 Å². The van der Waals surface area contributed by atoms with Crippen LogP contribution in [0.2, 0.25) is 0 Å². The first kappa shape index (κ1) is 11.0. The van der Waals surface area contributed by atoms with Crippen LogP contribution in [-0.2, 0) is 7.05 Å². The van der Waals surface area contributed by atoms with Crippen molar-refractivity contribution in [3.63, 3.8) is 0 Å². The lowest BCUT2D eigenvalue weighted by atomic mass is 10.1. The maximum Gasteiger partial charge on any atom is 0.258 e. The normalized spacial score (nSPS) is 10.2. The lowest BCUT2D eigenvalue weighted by Gasteiger charge is -2.05. The van der Waals surface area contributed by atoms with Gasteiger partial charge in [0.05, 0.1) is 5.56 Å². The minimum absolute atomic E-state index is 0.304. The molecule has 0 spiro atoms. The Balaban J connectivity index is 2.20. The highest BCUT2D eigenvalue weighted by Gasteiger charge is 2.10. The molecule has 0 bridgehead atoms. The van der Waals surface area contributed by atoms with Gasteiger partial charge in [0, 0.05) is 30.7 Å². The summed E-state index contributed by atoms with van der Waals surface area (Å²) in [7, 11) is 1.77. The number of hydrogen-bond acceptors (Lipinski definition) is 4. The summed E-state index contributed by atoms with van der Waals surface area (Å²) in [5.41, 5.74) is 12.5. The molecule has 0 aliphatic carbocycles. The molecular formula is C11H13N5O. The van der Waals surface area contributed by atoms with E-state index in [1.165, 1.54) is 0 Å². The minimum Gasteiger partial charge on any atom is -0.399 e. The van der Waals surface area contributed by atoms with Gasteiger partial charge in [-0.15, -0.1) is 0 Å². The Morgan fingerprint density at radius 2 is 2.12 bits per heavy atom. The first-order chi connectivity index (χ1) is 8.06. The molecule has 17 heavy (non-hydrogen) atoms. The van der Waals surface area contributed by atoms with E-state index in [9.17, 15) is 4.79 Å². The van der Waals surface area contributed by atoms with Crippen LogP contribution < -0.4 is 16.8 Å². The number of nitrogens with two attached hydrogens (primary N) is 2. The SMILES string of the molecule is Cn1ccc(NC(=O)c2ccc(N)cc2N)n1. The minimum atomic E-state index is -0.304. The zero-order valence-electron chi connectivity index (χ0n) is 9.34. The number of aryl methyl sites for hydroxylation is 1. The van der Waals surface area contributed by atoms with Gasteiger partial charge in [0.15, 0.2) is 5.82 Å². The molecule has 0 unspecified atom stereocenters. The Morgan fingerprint density at radius 1 is 1.35 bits per heavy atom. The fraction of sp³-hybridized carbons (Fsp3) is 0.0909. The van der Waals surface area contributed by atoms with E-state index in [2.05, 4.69) is 10.4 Å². The molecule has 2 aromatic rings. The first-order valence-electron chi connectivity index (χ1n) is 5.02. The summed E-state index contributed by atoms with van der Waals surface area (Å²) >= 11 is 0. The monoisotopic (exact) mass is 231 g/mol. The average molecular weight is 231 g/mol. The Labute approximate surface area is 98.2 Å². The first-order valence-corrected chi connectivity index (χ1v) is 5.02. The van der Waals surface area contributed by atoms with Gasteiger partial charge >= 0.3 is 0 Å². The maximum atomic E-state index is 11.9. The van der Waals surface area contributed by atoms with Gasteiger partial charge in [0.2, 0.25) is 0 Å². The summed E-state index contributed by atoms with van der Waals surface area (Å²) in [5, 5.41) is 6.69. The number of carbonyl (C=O) groups excluding carboxylic acids is 1. The predicted octanol–water partition coefficient (Wildman–Crippen LogP) is 0.837. The number of aromatic nitrogens is 2. The molecule has 6 nitrogen and oxygen atoms in total. The number of anilines is 3. The van der Waals surface area contributed by atoms with Gasteiger partial charge in [-0.2, -0.15) is 5.10 Å². The molecular weight excluding hydrogens is 218 g/mol. The van der Waals surface area contributed by atoms with Gasteiger partial charge in [0.1, 0.15) is 0 Å². The topological polar surface area (TPSA) is 99.0 Å². The summed E-state index contributed by atoms with van der Waals surface area (Å²) in [5.74, 6) is 0.176. The second-order valence-electron chi connectivity index (χ2n) is 3.68. The van der Waals surface area contributed by atoms with Crippen molar-refractivity contribution in [1.29, 1.82) is 0 Å². The van der Waals surface area contributed by atoms with Crippen LogP contribution in [0.1, 0.15) is 10.4 Å². The van der Waals surface area contributed by atoms with Crippen LogP contribution in [0.4, 0.5) is 17.2 Å². The highest BCUT2D eigenvalue weighted by atomic mass is 16.1. The second kappa shape index (κ2) is 4.17. The lowest BCUT2D eigenvalue weighted by molar-refractivity contribution is 0.102. The number of nitrogen functional groups attached to an aromatic ring is 2. The van der Waals surface area contributed by atoms with E-state index in [0.717, 1.165) is 0 Å². The van der Waals surface area contributed by atoms with E-state index < -0.39 is 0 Å². The zero-order chi connectivity index (χ0) is 12.4. The predicted molar refractivity (Wildman–Crippen MR) is 66.4 cm³/mol. The van der Waals surface area contributed by atoms with Gasteiger partial charge in [-0.3, -0.25) is 9.48 Å². The molecule has 1 amide bonds. The molecule has 0 saturated carbocycles. The number of rotatable bonds is 2. The van der Waals surface area contributed by atoms with E-state index >= 15 is 0 Å². The molecule has 5 N–H and O–H groups in total. The number of nitrogens with one attached hydrogen (secondary N) is 1. The lowest BCUT2D eigenvalue weighted by Crippen LogP contribution is -2.14. The third-order valence-electron chi connectivity index (χ3n) is 2.28. The average Bonchev–Trinajstić information content (AvgIpc) is 2.63. The number of hydrogen-bond donors (Lipinski definition) is 3. The Morgan fingerprint density at radius 3 is 2.71 bits per heavy atom. The fourth-order valence-corrected chi connectivity index (χ4v) is 1.45. The van der Waals surface area contributed by atoms with Gasteiger partial charge < -0.3 is 16.8 Å². The van der Waals surface area contributed by atoms with E-state index in [4.69, 9.17) is 11.5 Å². The van der Waals surface area contributed by atoms with Gasteiger partial charge in [0.25, 0.3) is 5.91 Å². The summed E-state index contributed by atoms with van der Waals surface area (Å²) in [6.07, 6.45) is 1.74. The summed E-state index contributed by atoms with van der Waals surface area (Å²) in [4.78, 5) is 11.9. The van der Waals surface area contributed by atoms with Crippen molar-refractivity contribution < 1.29 is 4.79 Å². The summed E-state index contributed by atoms with van der Waals surface area (Å²) in [6.45, 7) is 0. The van der Waals surface area contributed by atoms with Crippen molar-refractivity contribution in [2.24, 2.45) is 7.05 Å². The van der Waals surface area contributed by atoms with Crippen LogP contribution in [0, 0.1) is 0 Å². The molecule has 1 heterocycles. The zero-order valence-corrected chi connectivity index (χ0v) is 9.34. The van der Waals surface area contributed by atoms with E-state index in [0.29, 0.717) is 22.8 Å². The molecule has 6 heteroatoms. The number of nitrogens with zero attached hydrogens (tertiary/aromatic N) is 2. The van der Waals surface area contributed by atoms with Crippen molar-refractivity contribution in [1.82, 2.24) is 9.78 Å². The third kappa shape index (κ3) is 2.36. The number of amides is 1. The van der Waals surface area contributed by atoms with Crippen molar-refractivity contribution in [2.75, 3.05) is 16.8 Å². The fourth-order valence-electron chi connectivity index (χ4n) is 1.45. The molecule has 2 rings (SSSR count). The van der Waals surface area contributed by atoms with Crippen LogP contribution in [-0.4, -0.2) is 15.7 Å². The smallest absolute Gasteiger partial charge is 0.258 e. The number of carbonyl (C=O) groups is 1. The molecule has 1 aromatic carbocycles. The molecule has 0 aliphatic heterocycles. The van der Waals surface area contributed by atoms with Crippen molar-refractivity contribution >= 4 is 23.1 Å². The molecule has 0 atom stereocenters. The summed E-state index contributed by atoms with van der Waals surface area (Å²) in [6, 6.07) is 6.46. The standard InChI is InChI=1S/C11H13N5O/c1-16-5-4-10(15-16)14-11(17)8-3-2-7(12)6-9(8)13/h2-6H,12-13H2,1H3,(H,14,15,17). The van der Waals surface area contributed by atoms with Crippen molar-refractivity contribution in [3.8, 4) is 0 Å². The van der Waals surface area contributed by atoms with Gasteiger partial charge in [-0.05, 0) is 18.2 Å². The van der Waals surface area contributed by atoms with Crippen LogP contribution >= 0.6 is 0 Å².